The summed E-state index contributed by atoms with van der Waals surface area (Å²) in [6, 6.07) is 75.8. The number of hydrogen-bond donors (Lipinski definition) is 0. The molecule has 2 heterocycles. The van der Waals surface area contributed by atoms with Gasteiger partial charge in [0.1, 0.15) is 0 Å². The fourth-order valence-electron chi connectivity index (χ4n) is 9.73. The van der Waals surface area contributed by atoms with Crippen molar-refractivity contribution in [3.8, 4) is 78.7 Å². The van der Waals surface area contributed by atoms with Crippen LogP contribution >= 0.6 is 0 Å². The van der Waals surface area contributed by atoms with Crippen LogP contribution in [0.2, 0.25) is 0 Å². The van der Waals surface area contributed by atoms with Gasteiger partial charge in [-0.15, -0.1) is 0 Å². The SMILES string of the molecule is c1ccc(-c2ccc(-c3cc(-c4ccc(-c5nc6c(c7ccccc57)C5(c7ccccc7-c7ccccc75)c5ccccc5-6)cc4)nc(-c4ccccc4)n3)cc2)cc1. The van der Waals surface area contributed by atoms with Gasteiger partial charge in [-0.05, 0) is 50.4 Å². The molecule has 12 rings (SSSR count). The Kier molecular flexibility index (Phi) is 7.45. The molecule has 8 aromatic carbocycles. The van der Waals surface area contributed by atoms with E-state index in [4.69, 9.17) is 15.0 Å². The number of fused-ring (bicyclic) bond motifs is 12. The van der Waals surface area contributed by atoms with E-state index in [1.54, 1.807) is 0 Å². The smallest absolute Gasteiger partial charge is 0.160 e. The van der Waals surface area contributed by atoms with Gasteiger partial charge in [0.2, 0.25) is 0 Å². The van der Waals surface area contributed by atoms with Gasteiger partial charge in [-0.2, -0.15) is 0 Å². The molecule has 0 bridgehead atoms. The van der Waals surface area contributed by atoms with Crippen LogP contribution in [0.3, 0.4) is 0 Å². The summed E-state index contributed by atoms with van der Waals surface area (Å²) in [7, 11) is 0. The molecule has 3 heteroatoms. The monoisotopic (exact) mass is 749 g/mol. The molecule has 0 atom stereocenters. The highest BCUT2D eigenvalue weighted by atomic mass is 14.9. The van der Waals surface area contributed by atoms with Gasteiger partial charge in [-0.25, -0.2) is 15.0 Å². The van der Waals surface area contributed by atoms with Crippen LogP contribution in [0.1, 0.15) is 22.3 Å². The highest BCUT2D eigenvalue weighted by molar-refractivity contribution is 6.06. The number of nitrogens with zero attached hydrogens (tertiary/aromatic N) is 3. The molecule has 0 radical (unpaired) electrons. The summed E-state index contributed by atoms with van der Waals surface area (Å²) in [5.74, 6) is 0.697. The predicted molar refractivity (Wildman–Crippen MR) is 241 cm³/mol. The summed E-state index contributed by atoms with van der Waals surface area (Å²) >= 11 is 0. The van der Waals surface area contributed by atoms with Crippen molar-refractivity contribution in [1.82, 2.24) is 15.0 Å². The van der Waals surface area contributed by atoms with Gasteiger partial charge in [0.15, 0.2) is 5.82 Å². The Morgan fingerprint density at radius 3 is 1.31 bits per heavy atom. The fraction of sp³-hybridized carbons (Fsp3) is 0.0179. The fourth-order valence-corrected chi connectivity index (χ4v) is 9.73. The van der Waals surface area contributed by atoms with E-state index >= 15 is 0 Å². The zero-order valence-corrected chi connectivity index (χ0v) is 32.0. The second kappa shape index (κ2) is 13.2. The van der Waals surface area contributed by atoms with Crippen LogP contribution in [0.25, 0.3) is 89.4 Å². The summed E-state index contributed by atoms with van der Waals surface area (Å²) < 4.78 is 0. The molecule has 2 aromatic heterocycles. The average Bonchev–Trinajstić information content (AvgIpc) is 3.79. The molecule has 10 aromatic rings. The number of rotatable bonds is 5. The van der Waals surface area contributed by atoms with E-state index in [2.05, 4.69) is 188 Å². The first-order chi connectivity index (χ1) is 29.3. The molecular formula is C56H35N3. The minimum Gasteiger partial charge on any atom is -0.247 e. The Bertz CT molecular complexity index is 3200. The summed E-state index contributed by atoms with van der Waals surface area (Å²) in [6.07, 6.45) is 0. The van der Waals surface area contributed by atoms with Crippen molar-refractivity contribution in [2.45, 2.75) is 5.41 Å². The van der Waals surface area contributed by atoms with Crippen LogP contribution in [0, 0.1) is 0 Å². The molecule has 0 saturated carbocycles. The zero-order valence-electron chi connectivity index (χ0n) is 32.0. The lowest BCUT2D eigenvalue weighted by Crippen LogP contribution is -2.26. The van der Waals surface area contributed by atoms with Crippen LogP contribution in [-0.4, -0.2) is 15.0 Å². The van der Waals surface area contributed by atoms with E-state index in [0.29, 0.717) is 5.82 Å². The summed E-state index contributed by atoms with van der Waals surface area (Å²) in [6.45, 7) is 0. The van der Waals surface area contributed by atoms with E-state index in [0.717, 1.165) is 50.4 Å². The van der Waals surface area contributed by atoms with Crippen LogP contribution in [0.5, 0.6) is 0 Å². The summed E-state index contributed by atoms with van der Waals surface area (Å²) in [5, 5.41) is 2.37. The van der Waals surface area contributed by atoms with Crippen LogP contribution in [0.4, 0.5) is 0 Å². The molecule has 0 aliphatic heterocycles. The van der Waals surface area contributed by atoms with Crippen molar-refractivity contribution in [3.63, 3.8) is 0 Å². The van der Waals surface area contributed by atoms with E-state index in [-0.39, 0.29) is 0 Å². The maximum absolute atomic E-state index is 5.67. The van der Waals surface area contributed by atoms with Gasteiger partial charge in [0.05, 0.1) is 28.2 Å². The molecule has 0 N–H and O–H groups in total. The maximum Gasteiger partial charge on any atom is 0.160 e. The van der Waals surface area contributed by atoms with Crippen LogP contribution in [-0.2, 0) is 5.41 Å². The number of aromatic nitrogens is 3. The summed E-state index contributed by atoms with van der Waals surface area (Å²) in [4.78, 5) is 15.9. The highest BCUT2D eigenvalue weighted by Crippen LogP contribution is 2.64. The van der Waals surface area contributed by atoms with Gasteiger partial charge in [0, 0.05) is 38.8 Å². The van der Waals surface area contributed by atoms with Gasteiger partial charge >= 0.3 is 0 Å². The largest absolute Gasteiger partial charge is 0.247 e. The second-order valence-corrected chi connectivity index (χ2v) is 15.5. The third kappa shape index (κ3) is 5.05. The van der Waals surface area contributed by atoms with E-state index < -0.39 is 5.41 Å². The Morgan fingerprint density at radius 1 is 0.288 bits per heavy atom. The lowest BCUT2D eigenvalue weighted by molar-refractivity contribution is 0.799. The molecule has 59 heavy (non-hydrogen) atoms. The Balaban J connectivity index is 1.00. The molecule has 2 aliphatic carbocycles. The van der Waals surface area contributed by atoms with Crippen molar-refractivity contribution in [2.75, 3.05) is 0 Å². The molecule has 0 amide bonds. The minimum absolute atomic E-state index is 0.461. The van der Waals surface area contributed by atoms with Crippen molar-refractivity contribution in [3.05, 3.63) is 235 Å². The Labute approximate surface area is 343 Å². The first kappa shape index (κ1) is 33.4. The number of benzene rings is 8. The summed E-state index contributed by atoms with van der Waals surface area (Å²) in [5.41, 5.74) is 18.8. The van der Waals surface area contributed by atoms with E-state index in [9.17, 15) is 0 Å². The topological polar surface area (TPSA) is 38.7 Å². The lowest BCUT2D eigenvalue weighted by Gasteiger charge is -2.31. The van der Waals surface area contributed by atoms with E-state index in [1.165, 1.54) is 55.5 Å². The normalized spacial score (nSPS) is 12.9. The molecule has 2 aliphatic rings. The average molecular weight is 750 g/mol. The lowest BCUT2D eigenvalue weighted by atomic mass is 9.69. The van der Waals surface area contributed by atoms with Gasteiger partial charge < -0.3 is 0 Å². The second-order valence-electron chi connectivity index (χ2n) is 15.5. The van der Waals surface area contributed by atoms with Gasteiger partial charge in [0.25, 0.3) is 0 Å². The van der Waals surface area contributed by atoms with Crippen molar-refractivity contribution >= 4 is 10.8 Å². The Hall–Kier alpha value is -7.75. The third-order valence-corrected chi connectivity index (χ3v) is 12.3. The van der Waals surface area contributed by atoms with Gasteiger partial charge in [-0.1, -0.05) is 206 Å². The molecule has 3 nitrogen and oxygen atoms in total. The predicted octanol–water partition coefficient (Wildman–Crippen LogP) is 13.7. The standard InChI is InChI=1S/C56H35N3/c1-3-15-36(16-4-1)37-27-29-38(30-28-37)50-35-51(58-55(57-50)41-17-5-2-6-18-41)39-31-33-40(34-32-39)53-45-22-8-7-21-44(45)52-54(59-53)46-23-11-14-26-49(46)56(52)47-24-12-9-19-42(47)43-20-10-13-25-48(43)56/h1-35H. The zero-order chi connectivity index (χ0) is 38.9. The number of hydrogen-bond acceptors (Lipinski definition) is 3. The molecule has 0 saturated heterocycles. The molecule has 1 spiro atoms. The molecule has 0 unspecified atom stereocenters. The first-order valence-corrected chi connectivity index (χ1v) is 20.2. The molecule has 274 valence electrons. The van der Waals surface area contributed by atoms with Crippen molar-refractivity contribution in [1.29, 1.82) is 0 Å². The van der Waals surface area contributed by atoms with Crippen LogP contribution < -0.4 is 0 Å². The first-order valence-electron chi connectivity index (χ1n) is 20.2. The van der Waals surface area contributed by atoms with Crippen molar-refractivity contribution in [2.24, 2.45) is 0 Å². The molecular weight excluding hydrogens is 715 g/mol. The number of pyridine rings is 1. The van der Waals surface area contributed by atoms with Crippen LogP contribution in [0.15, 0.2) is 212 Å². The minimum atomic E-state index is -0.461. The highest BCUT2D eigenvalue weighted by Gasteiger charge is 2.53. The Morgan fingerprint density at radius 2 is 0.712 bits per heavy atom. The van der Waals surface area contributed by atoms with E-state index in [1.807, 2.05) is 24.3 Å². The molecule has 0 fully saturated rings. The maximum atomic E-state index is 5.67. The third-order valence-electron chi connectivity index (χ3n) is 12.3. The van der Waals surface area contributed by atoms with Crippen molar-refractivity contribution < 1.29 is 0 Å². The quantitative estimate of drug-likeness (QED) is 0.176. The van der Waals surface area contributed by atoms with Gasteiger partial charge in [-0.3, -0.25) is 0 Å².